The van der Waals surface area contributed by atoms with Crippen LogP contribution >= 0.6 is 0 Å². The van der Waals surface area contributed by atoms with Crippen LogP contribution in [0.5, 0.6) is 0 Å². The van der Waals surface area contributed by atoms with Crippen molar-refractivity contribution in [2.24, 2.45) is 5.92 Å². The highest BCUT2D eigenvalue weighted by Gasteiger charge is 2.29. The molecule has 1 amide bonds. The van der Waals surface area contributed by atoms with Crippen molar-refractivity contribution in [3.05, 3.63) is 47.9 Å². The summed E-state index contributed by atoms with van der Waals surface area (Å²) >= 11 is 0. The van der Waals surface area contributed by atoms with E-state index in [4.69, 9.17) is 4.74 Å². The fourth-order valence-corrected chi connectivity index (χ4v) is 2.84. The first-order valence-corrected chi connectivity index (χ1v) is 7.83. The van der Waals surface area contributed by atoms with Crippen LogP contribution in [0.4, 0.5) is 10.2 Å². The van der Waals surface area contributed by atoms with Crippen LogP contribution in [-0.2, 0) is 16.1 Å². The number of halogens is 1. The van der Waals surface area contributed by atoms with Gasteiger partial charge in [-0.25, -0.2) is 9.07 Å². The Kier molecular flexibility index (Phi) is 4.71. The topological polar surface area (TPSA) is 56.1 Å². The highest BCUT2D eigenvalue weighted by atomic mass is 19.1. The zero-order valence-electron chi connectivity index (χ0n) is 13.0. The fourth-order valence-electron chi connectivity index (χ4n) is 2.84. The summed E-state index contributed by atoms with van der Waals surface area (Å²) in [5.41, 5.74) is 0.529. The number of hydrogen-bond donors (Lipinski definition) is 1. The molecule has 1 N–H and O–H groups in total. The predicted molar refractivity (Wildman–Crippen MR) is 84.5 cm³/mol. The van der Waals surface area contributed by atoms with E-state index < -0.39 is 0 Å². The molecule has 2 aromatic rings. The molecule has 1 saturated heterocycles. The Hall–Kier alpha value is -2.21. The smallest absolute Gasteiger partial charge is 0.231 e. The van der Waals surface area contributed by atoms with Crippen LogP contribution in [0.25, 0.3) is 0 Å². The van der Waals surface area contributed by atoms with E-state index in [-0.39, 0.29) is 30.3 Å². The van der Waals surface area contributed by atoms with Crippen LogP contribution in [-0.4, -0.2) is 28.4 Å². The summed E-state index contributed by atoms with van der Waals surface area (Å²) in [7, 11) is 0. The van der Waals surface area contributed by atoms with Crippen LogP contribution in [0.3, 0.4) is 0 Å². The van der Waals surface area contributed by atoms with E-state index in [1.54, 1.807) is 35.1 Å². The van der Waals surface area contributed by atoms with E-state index in [1.165, 1.54) is 6.07 Å². The second-order valence-electron chi connectivity index (χ2n) is 5.78. The van der Waals surface area contributed by atoms with Gasteiger partial charge in [-0.15, -0.1) is 0 Å². The number of benzene rings is 1. The third-order valence-corrected chi connectivity index (χ3v) is 4.19. The summed E-state index contributed by atoms with van der Waals surface area (Å²) in [6, 6.07) is 8.27. The van der Waals surface area contributed by atoms with Gasteiger partial charge in [0, 0.05) is 18.2 Å². The van der Waals surface area contributed by atoms with Gasteiger partial charge in [-0.3, -0.25) is 4.79 Å². The number of carbonyl (C=O) groups is 1. The lowest BCUT2D eigenvalue weighted by atomic mass is 9.94. The highest BCUT2D eigenvalue weighted by Crippen LogP contribution is 2.22. The van der Waals surface area contributed by atoms with Gasteiger partial charge in [-0.1, -0.05) is 18.2 Å². The van der Waals surface area contributed by atoms with E-state index in [0.717, 1.165) is 12.8 Å². The molecule has 1 aliphatic rings. The number of amides is 1. The lowest BCUT2D eigenvalue weighted by molar-refractivity contribution is -0.127. The summed E-state index contributed by atoms with van der Waals surface area (Å²) in [5, 5.41) is 7.06. The molecule has 0 aliphatic carbocycles. The first-order chi connectivity index (χ1) is 11.1. The lowest BCUT2D eigenvalue weighted by Gasteiger charge is -2.28. The molecule has 23 heavy (non-hydrogen) atoms. The molecule has 1 aliphatic heterocycles. The van der Waals surface area contributed by atoms with Gasteiger partial charge in [0.2, 0.25) is 5.91 Å². The average Bonchev–Trinajstić information content (AvgIpc) is 2.97. The highest BCUT2D eigenvalue weighted by molar-refractivity contribution is 5.92. The molecule has 6 heteroatoms. The van der Waals surface area contributed by atoms with E-state index in [2.05, 4.69) is 10.4 Å². The molecule has 0 unspecified atom stereocenters. The molecule has 1 aromatic heterocycles. The van der Waals surface area contributed by atoms with Crippen LogP contribution in [0.2, 0.25) is 0 Å². The van der Waals surface area contributed by atoms with Gasteiger partial charge in [0.05, 0.1) is 24.8 Å². The largest absolute Gasteiger partial charge is 0.378 e. The maximum Gasteiger partial charge on any atom is 0.231 e. The normalized spacial score (nSPS) is 21.1. The summed E-state index contributed by atoms with van der Waals surface area (Å²) in [6.07, 6.45) is 3.20. The van der Waals surface area contributed by atoms with Crippen molar-refractivity contribution in [1.82, 2.24) is 9.78 Å². The molecule has 1 fully saturated rings. The SMILES string of the molecule is C[C@@H]1OCCC[C@@H]1C(=O)Nc1ccnn1Cc1ccccc1F. The third-order valence-electron chi connectivity index (χ3n) is 4.19. The van der Waals surface area contributed by atoms with Gasteiger partial charge in [0.15, 0.2) is 0 Å². The van der Waals surface area contributed by atoms with Gasteiger partial charge >= 0.3 is 0 Å². The summed E-state index contributed by atoms with van der Waals surface area (Å²) in [4.78, 5) is 12.4. The van der Waals surface area contributed by atoms with E-state index in [1.807, 2.05) is 6.92 Å². The van der Waals surface area contributed by atoms with E-state index in [0.29, 0.717) is 18.0 Å². The predicted octanol–water partition coefficient (Wildman–Crippen LogP) is 2.82. The standard InChI is InChI=1S/C17H20FN3O2/c1-12-14(6-4-10-23-12)17(22)20-16-8-9-19-21(16)11-13-5-2-3-7-15(13)18/h2-3,5,7-9,12,14H,4,6,10-11H2,1H3,(H,20,22)/t12-,14-/m0/s1. The number of carbonyl (C=O) groups excluding carboxylic acids is 1. The van der Waals surface area contributed by atoms with Crippen molar-refractivity contribution < 1.29 is 13.9 Å². The quantitative estimate of drug-likeness (QED) is 0.943. The average molecular weight is 317 g/mol. The fraction of sp³-hybridized carbons (Fsp3) is 0.412. The zero-order valence-corrected chi connectivity index (χ0v) is 13.0. The van der Waals surface area contributed by atoms with Crippen molar-refractivity contribution in [2.45, 2.75) is 32.4 Å². The van der Waals surface area contributed by atoms with Gasteiger partial charge in [-0.05, 0) is 25.8 Å². The van der Waals surface area contributed by atoms with Crippen LogP contribution in [0, 0.1) is 11.7 Å². The number of nitrogens with one attached hydrogen (secondary N) is 1. The maximum atomic E-state index is 13.8. The molecule has 0 spiro atoms. The molecule has 1 aromatic carbocycles. The van der Waals surface area contributed by atoms with E-state index in [9.17, 15) is 9.18 Å². The Morgan fingerprint density at radius 1 is 1.43 bits per heavy atom. The van der Waals surface area contributed by atoms with Crippen molar-refractivity contribution >= 4 is 11.7 Å². The molecule has 2 atom stereocenters. The first-order valence-electron chi connectivity index (χ1n) is 7.83. The molecule has 122 valence electrons. The van der Waals surface area contributed by atoms with E-state index >= 15 is 0 Å². The lowest BCUT2D eigenvalue weighted by Crippen LogP contribution is -2.36. The number of hydrogen-bond acceptors (Lipinski definition) is 3. The van der Waals surface area contributed by atoms with Gasteiger partial charge < -0.3 is 10.1 Å². The molecule has 5 nitrogen and oxygen atoms in total. The second-order valence-corrected chi connectivity index (χ2v) is 5.78. The molecule has 3 rings (SSSR count). The number of anilines is 1. The molecular weight excluding hydrogens is 297 g/mol. The van der Waals surface area contributed by atoms with Gasteiger partial charge in [-0.2, -0.15) is 5.10 Å². The number of rotatable bonds is 4. The minimum atomic E-state index is -0.283. The maximum absolute atomic E-state index is 13.8. The van der Waals surface area contributed by atoms with Gasteiger partial charge in [0.25, 0.3) is 0 Å². The van der Waals surface area contributed by atoms with Crippen molar-refractivity contribution in [1.29, 1.82) is 0 Å². The Labute approximate surface area is 134 Å². The van der Waals surface area contributed by atoms with Crippen LogP contribution in [0.1, 0.15) is 25.3 Å². The van der Waals surface area contributed by atoms with Crippen LogP contribution in [0.15, 0.2) is 36.5 Å². The molecule has 0 radical (unpaired) electrons. The number of nitrogens with zero attached hydrogens (tertiary/aromatic N) is 2. The number of ether oxygens (including phenoxy) is 1. The third kappa shape index (κ3) is 3.59. The Balaban J connectivity index is 1.71. The summed E-state index contributed by atoms with van der Waals surface area (Å²) in [6.45, 7) is 2.89. The Morgan fingerprint density at radius 2 is 2.26 bits per heavy atom. The molecule has 0 bridgehead atoms. The molecule has 2 heterocycles. The molecule has 0 saturated carbocycles. The molecular formula is C17H20FN3O2. The van der Waals surface area contributed by atoms with Crippen molar-refractivity contribution in [3.63, 3.8) is 0 Å². The first kappa shape index (κ1) is 15.7. The van der Waals surface area contributed by atoms with Crippen molar-refractivity contribution in [3.8, 4) is 0 Å². The van der Waals surface area contributed by atoms with Crippen molar-refractivity contribution in [2.75, 3.05) is 11.9 Å². The Morgan fingerprint density at radius 3 is 3.04 bits per heavy atom. The summed E-state index contributed by atoms with van der Waals surface area (Å²) < 4.78 is 20.9. The van der Waals surface area contributed by atoms with Gasteiger partial charge in [0.1, 0.15) is 11.6 Å². The monoisotopic (exact) mass is 317 g/mol. The van der Waals surface area contributed by atoms with Crippen LogP contribution < -0.4 is 5.32 Å². The minimum absolute atomic E-state index is 0.0764. The Bertz CT molecular complexity index is 686. The number of aromatic nitrogens is 2. The minimum Gasteiger partial charge on any atom is -0.378 e. The zero-order chi connectivity index (χ0) is 16.2. The summed E-state index contributed by atoms with van der Waals surface area (Å²) in [5.74, 6) is 0.0404. The second kappa shape index (κ2) is 6.91.